The molecule has 1 aliphatic heterocycles. The molecule has 0 aromatic carbocycles. The molecule has 1 aliphatic carbocycles. The van der Waals surface area contributed by atoms with Crippen molar-refractivity contribution in [2.75, 3.05) is 19.8 Å². The summed E-state index contributed by atoms with van der Waals surface area (Å²) in [6.45, 7) is 2.13. The Morgan fingerprint density at radius 2 is 2.24 bits per heavy atom. The van der Waals surface area contributed by atoms with E-state index in [-0.39, 0.29) is 24.1 Å². The van der Waals surface area contributed by atoms with Crippen LogP contribution in [0.15, 0.2) is 0 Å². The molecule has 1 saturated carbocycles. The third kappa shape index (κ3) is 3.94. The number of ether oxygens (including phenoxy) is 1. The number of carbonyl (C=O) groups excluding carboxylic acids is 1. The Kier molecular flexibility index (Phi) is 4.76. The van der Waals surface area contributed by atoms with Crippen molar-refractivity contribution in [3.05, 3.63) is 0 Å². The number of hydrogen-bond acceptors (Lipinski definition) is 4. The fraction of sp³-hybridized carbons (Fsp3) is 0.917. The van der Waals surface area contributed by atoms with Gasteiger partial charge in [0.25, 0.3) is 0 Å². The van der Waals surface area contributed by atoms with Crippen molar-refractivity contribution >= 4 is 5.91 Å². The quantitative estimate of drug-likeness (QED) is 0.640. The minimum absolute atomic E-state index is 0.0129. The topological polar surface area (TPSA) is 70.6 Å². The molecule has 1 saturated heterocycles. The van der Waals surface area contributed by atoms with Crippen molar-refractivity contribution < 1.29 is 14.6 Å². The summed E-state index contributed by atoms with van der Waals surface area (Å²) in [5.41, 5.74) is 0. The van der Waals surface area contributed by atoms with E-state index in [0.29, 0.717) is 13.0 Å². The molecule has 3 N–H and O–H groups in total. The summed E-state index contributed by atoms with van der Waals surface area (Å²) in [5, 5.41) is 16.0. The van der Waals surface area contributed by atoms with Crippen LogP contribution < -0.4 is 10.6 Å². The predicted octanol–water partition coefficient (Wildman–Crippen LogP) is -0.215. The van der Waals surface area contributed by atoms with Crippen LogP contribution in [0, 0.1) is 0 Å². The van der Waals surface area contributed by atoms with Gasteiger partial charge in [0.1, 0.15) is 0 Å². The first-order valence-electron chi connectivity index (χ1n) is 6.54. The highest BCUT2D eigenvalue weighted by atomic mass is 16.5. The molecule has 1 heterocycles. The lowest BCUT2D eigenvalue weighted by atomic mass is 9.92. The van der Waals surface area contributed by atoms with Gasteiger partial charge in [-0.1, -0.05) is 12.8 Å². The third-order valence-electron chi connectivity index (χ3n) is 3.51. The van der Waals surface area contributed by atoms with Crippen LogP contribution in [0.3, 0.4) is 0 Å². The van der Waals surface area contributed by atoms with Gasteiger partial charge in [-0.3, -0.25) is 4.79 Å². The first kappa shape index (κ1) is 12.8. The average molecular weight is 242 g/mol. The fourth-order valence-electron chi connectivity index (χ4n) is 2.52. The van der Waals surface area contributed by atoms with Crippen LogP contribution in [0.4, 0.5) is 0 Å². The minimum atomic E-state index is -0.372. The molecule has 0 bridgehead atoms. The number of carbonyl (C=O) groups is 1. The van der Waals surface area contributed by atoms with Crippen LogP contribution in [-0.4, -0.2) is 49.0 Å². The second-order valence-corrected chi connectivity index (χ2v) is 4.96. The highest BCUT2D eigenvalue weighted by molar-refractivity contribution is 5.77. The molecule has 3 atom stereocenters. The molecule has 3 unspecified atom stereocenters. The van der Waals surface area contributed by atoms with Crippen LogP contribution in [0.5, 0.6) is 0 Å². The predicted molar refractivity (Wildman–Crippen MR) is 63.6 cm³/mol. The maximum absolute atomic E-state index is 11.8. The average Bonchev–Trinajstić information content (AvgIpc) is 2.33. The Hall–Kier alpha value is -0.650. The van der Waals surface area contributed by atoms with Gasteiger partial charge in [-0.15, -0.1) is 0 Å². The van der Waals surface area contributed by atoms with E-state index in [9.17, 15) is 9.90 Å². The van der Waals surface area contributed by atoms with Crippen molar-refractivity contribution in [1.82, 2.24) is 10.6 Å². The van der Waals surface area contributed by atoms with E-state index in [1.165, 1.54) is 0 Å². The normalized spacial score (nSPS) is 34.3. The molecule has 0 aromatic rings. The molecule has 2 fully saturated rings. The van der Waals surface area contributed by atoms with Crippen LogP contribution in [-0.2, 0) is 9.53 Å². The molecule has 0 spiro atoms. The summed E-state index contributed by atoms with van der Waals surface area (Å²) in [6, 6.07) is 0.0604. The monoisotopic (exact) mass is 242 g/mol. The van der Waals surface area contributed by atoms with E-state index < -0.39 is 0 Å². The highest BCUT2D eigenvalue weighted by Crippen LogP contribution is 2.18. The zero-order valence-electron chi connectivity index (χ0n) is 10.2. The summed E-state index contributed by atoms with van der Waals surface area (Å²) in [4.78, 5) is 11.8. The van der Waals surface area contributed by atoms with E-state index in [4.69, 9.17) is 4.74 Å². The zero-order chi connectivity index (χ0) is 12.1. The summed E-state index contributed by atoms with van der Waals surface area (Å²) >= 11 is 0. The molecule has 5 nitrogen and oxygen atoms in total. The van der Waals surface area contributed by atoms with Crippen molar-refractivity contribution in [3.8, 4) is 0 Å². The van der Waals surface area contributed by atoms with Crippen molar-refractivity contribution in [2.45, 2.75) is 50.3 Å². The van der Waals surface area contributed by atoms with Crippen molar-refractivity contribution in [2.24, 2.45) is 0 Å². The van der Waals surface area contributed by atoms with Gasteiger partial charge in [-0.25, -0.2) is 0 Å². The largest absolute Gasteiger partial charge is 0.391 e. The Bertz CT molecular complexity index is 254. The third-order valence-corrected chi connectivity index (χ3v) is 3.51. The molecule has 1 amide bonds. The molecular formula is C12H22N2O3. The molecule has 0 radical (unpaired) electrons. The van der Waals surface area contributed by atoms with Gasteiger partial charge in [0.05, 0.1) is 25.4 Å². The van der Waals surface area contributed by atoms with Gasteiger partial charge in [-0.2, -0.15) is 0 Å². The molecule has 98 valence electrons. The number of amides is 1. The first-order valence-corrected chi connectivity index (χ1v) is 6.54. The smallest absolute Gasteiger partial charge is 0.221 e. The maximum atomic E-state index is 11.8. The van der Waals surface area contributed by atoms with E-state index in [1.54, 1.807) is 0 Å². The first-order chi connectivity index (χ1) is 8.25. The summed E-state index contributed by atoms with van der Waals surface area (Å²) in [6.07, 6.45) is 3.90. The zero-order valence-corrected chi connectivity index (χ0v) is 10.2. The standard InChI is InChI=1S/C12H22N2O3/c15-11-4-2-1-3-10(11)14-12(16)7-9-8-17-6-5-13-9/h9-11,13,15H,1-8H2,(H,14,16). The molecule has 17 heavy (non-hydrogen) atoms. The van der Waals surface area contributed by atoms with Gasteiger partial charge < -0.3 is 20.5 Å². The molecule has 2 rings (SSSR count). The Balaban J connectivity index is 1.72. The number of aliphatic hydroxyl groups excluding tert-OH is 1. The minimum Gasteiger partial charge on any atom is -0.391 e. The van der Waals surface area contributed by atoms with Crippen LogP contribution in [0.1, 0.15) is 32.1 Å². The lowest BCUT2D eigenvalue weighted by Crippen LogP contribution is -2.49. The maximum Gasteiger partial charge on any atom is 0.221 e. The van der Waals surface area contributed by atoms with Crippen molar-refractivity contribution in [3.63, 3.8) is 0 Å². The lowest BCUT2D eigenvalue weighted by molar-refractivity contribution is -0.124. The Labute approximate surface area is 102 Å². The van der Waals surface area contributed by atoms with E-state index in [0.717, 1.165) is 38.8 Å². The van der Waals surface area contributed by atoms with Gasteiger partial charge in [0, 0.05) is 19.0 Å². The summed E-state index contributed by atoms with van der Waals surface area (Å²) in [5.74, 6) is 0.0129. The number of nitrogens with one attached hydrogen (secondary N) is 2. The highest BCUT2D eigenvalue weighted by Gasteiger charge is 2.25. The Morgan fingerprint density at radius 3 is 2.94 bits per heavy atom. The summed E-state index contributed by atoms with van der Waals surface area (Å²) in [7, 11) is 0. The molecular weight excluding hydrogens is 220 g/mol. The lowest BCUT2D eigenvalue weighted by Gasteiger charge is -2.29. The van der Waals surface area contributed by atoms with Gasteiger partial charge in [0.15, 0.2) is 0 Å². The van der Waals surface area contributed by atoms with Crippen LogP contribution >= 0.6 is 0 Å². The second-order valence-electron chi connectivity index (χ2n) is 4.96. The van der Waals surface area contributed by atoms with Gasteiger partial charge in [0.2, 0.25) is 5.91 Å². The van der Waals surface area contributed by atoms with Gasteiger partial charge in [-0.05, 0) is 12.8 Å². The Morgan fingerprint density at radius 1 is 1.41 bits per heavy atom. The number of morpholine rings is 1. The van der Waals surface area contributed by atoms with Crippen LogP contribution in [0.25, 0.3) is 0 Å². The summed E-state index contributed by atoms with van der Waals surface area (Å²) < 4.78 is 5.30. The van der Waals surface area contributed by atoms with E-state index in [2.05, 4.69) is 10.6 Å². The fourth-order valence-corrected chi connectivity index (χ4v) is 2.52. The number of hydrogen-bond donors (Lipinski definition) is 3. The van der Waals surface area contributed by atoms with Crippen molar-refractivity contribution in [1.29, 1.82) is 0 Å². The van der Waals surface area contributed by atoms with Crippen LogP contribution in [0.2, 0.25) is 0 Å². The molecule has 0 aromatic heterocycles. The number of rotatable bonds is 3. The SMILES string of the molecule is O=C(CC1COCCN1)NC1CCCCC1O. The molecule has 5 heteroatoms. The number of aliphatic hydroxyl groups is 1. The van der Waals surface area contributed by atoms with E-state index in [1.807, 2.05) is 0 Å². The second kappa shape index (κ2) is 6.33. The van der Waals surface area contributed by atoms with E-state index >= 15 is 0 Å². The molecule has 2 aliphatic rings. The van der Waals surface area contributed by atoms with Gasteiger partial charge >= 0.3 is 0 Å².